The normalized spacial score (nSPS) is 15.9. The number of hydrogen-bond donors (Lipinski definition) is 0. The number of nitrogens with zero attached hydrogens (tertiary/aromatic N) is 4. The summed E-state index contributed by atoms with van der Waals surface area (Å²) in [4.78, 5) is 210. The van der Waals surface area contributed by atoms with Crippen LogP contribution in [0.5, 0.6) is 0 Å². The van der Waals surface area contributed by atoms with Crippen molar-refractivity contribution < 1.29 is 148 Å². The number of esters is 2. The van der Waals surface area contributed by atoms with Gasteiger partial charge in [0.2, 0.25) is 0 Å². The van der Waals surface area contributed by atoms with Crippen LogP contribution in [-0.4, -0.2) is 195 Å². The Labute approximate surface area is 457 Å². The van der Waals surface area contributed by atoms with Crippen LogP contribution in [-0.2, 0) is 139 Å². The largest absolute Gasteiger partial charge is 0.510 e. The van der Waals surface area contributed by atoms with Gasteiger partial charge in [0.15, 0.2) is 27.2 Å². The van der Waals surface area contributed by atoms with Crippen molar-refractivity contribution in [2.24, 2.45) is 0 Å². The minimum absolute atomic E-state index is 0.0906. The Morgan fingerprint density at radius 3 is 0.864 bits per heavy atom. The Balaban J connectivity index is 1.24. The molecule has 8 amide bonds. The summed E-state index contributed by atoms with van der Waals surface area (Å²) >= 11 is 0. The topological polar surface area (TPSA) is 425 Å². The van der Waals surface area contributed by atoms with Crippen molar-refractivity contribution in [3.05, 3.63) is 0 Å². The Kier molecular flexibility index (Phi) is 28.5. The molecule has 0 aliphatic carbocycles. The van der Waals surface area contributed by atoms with Crippen molar-refractivity contribution in [1.82, 2.24) is 20.3 Å². The molecule has 4 fully saturated rings. The molecule has 81 heavy (non-hydrogen) atoms. The average Bonchev–Trinajstić information content (AvgIpc) is 4.13. The first-order valence-corrected chi connectivity index (χ1v) is 24.9. The molecule has 0 radical (unpaired) electrons. The number of hydroxylamine groups is 8. The molecule has 35 heteroatoms. The first kappa shape index (κ1) is 65.2. The summed E-state index contributed by atoms with van der Waals surface area (Å²) in [6.07, 6.45) is -8.07. The third kappa shape index (κ3) is 25.2. The fourth-order valence-corrected chi connectivity index (χ4v) is 6.50. The van der Waals surface area contributed by atoms with Gasteiger partial charge in [0.05, 0.1) is 52.5 Å². The van der Waals surface area contributed by atoms with Crippen molar-refractivity contribution in [2.45, 2.75) is 128 Å². The Hall–Kier alpha value is -8.28. The van der Waals surface area contributed by atoms with Crippen LogP contribution in [0.3, 0.4) is 0 Å². The molecule has 448 valence electrons. The lowest BCUT2D eigenvalue weighted by molar-refractivity contribution is -0.197. The highest BCUT2D eigenvalue weighted by Gasteiger charge is 2.36. The summed E-state index contributed by atoms with van der Waals surface area (Å²) in [5.74, 6) is -10.9. The predicted molar refractivity (Wildman–Crippen MR) is 244 cm³/mol. The molecule has 0 saturated carbocycles. The van der Waals surface area contributed by atoms with E-state index >= 15 is 0 Å². The number of imide groups is 4. The highest BCUT2D eigenvalue weighted by molar-refractivity contribution is 6.03. The summed E-state index contributed by atoms with van der Waals surface area (Å²) in [5, 5.41) is 1.44. The number of rotatable bonds is 38. The molecule has 0 aromatic carbocycles. The lowest BCUT2D eigenvalue weighted by atomic mass is 10.2. The molecule has 2 unspecified atom stereocenters. The smallest absolute Gasteiger partial charge is 0.438 e. The van der Waals surface area contributed by atoms with Crippen molar-refractivity contribution in [2.75, 3.05) is 66.8 Å². The molecule has 4 aliphatic rings. The van der Waals surface area contributed by atoms with Crippen molar-refractivity contribution >= 4 is 95.4 Å². The Morgan fingerprint density at radius 1 is 0.309 bits per heavy atom. The van der Waals surface area contributed by atoms with Crippen molar-refractivity contribution in [3.8, 4) is 0 Å². The number of hydrogen-bond acceptors (Lipinski definition) is 31. The van der Waals surface area contributed by atoms with Crippen LogP contribution in [0.25, 0.3) is 0 Å². The van der Waals surface area contributed by atoms with E-state index in [1.54, 1.807) is 0 Å². The van der Waals surface area contributed by atoms with E-state index in [1.807, 2.05) is 0 Å². The summed E-state index contributed by atoms with van der Waals surface area (Å²) in [6, 6.07) is 0. The Morgan fingerprint density at radius 2 is 0.568 bits per heavy atom. The van der Waals surface area contributed by atoms with Crippen LogP contribution < -0.4 is 0 Å². The van der Waals surface area contributed by atoms with Crippen molar-refractivity contribution in [3.63, 3.8) is 0 Å². The van der Waals surface area contributed by atoms with Gasteiger partial charge in [-0.15, -0.1) is 20.3 Å². The molecule has 4 heterocycles. The molecule has 0 spiro atoms. The highest BCUT2D eigenvalue weighted by atomic mass is 16.8. The molecule has 4 aliphatic heterocycles. The summed E-state index contributed by atoms with van der Waals surface area (Å²) in [5.41, 5.74) is 0. The molecule has 4 saturated heterocycles. The number of ether oxygens (including phenoxy) is 11. The van der Waals surface area contributed by atoms with E-state index in [9.17, 15) is 76.7 Å². The number of carbonyl (C=O) groups is 16. The van der Waals surface area contributed by atoms with Gasteiger partial charge in [-0.25, -0.2) is 28.8 Å². The van der Waals surface area contributed by atoms with E-state index in [0.29, 0.717) is 20.3 Å². The zero-order valence-corrected chi connectivity index (χ0v) is 43.4. The van der Waals surface area contributed by atoms with E-state index in [1.165, 1.54) is 0 Å². The average molecular weight is 1160 g/mol. The molecule has 0 aromatic heterocycles. The second-order valence-corrected chi connectivity index (χ2v) is 16.9. The second-order valence-electron chi connectivity index (χ2n) is 16.9. The van der Waals surface area contributed by atoms with E-state index in [4.69, 9.17) is 71.5 Å². The van der Waals surface area contributed by atoms with Gasteiger partial charge < -0.3 is 71.5 Å². The summed E-state index contributed by atoms with van der Waals surface area (Å²) in [6.45, 7) is -5.36. The molecule has 0 N–H and O–H groups in total. The molecular formula is C46H58N4O31. The lowest BCUT2D eigenvalue weighted by Gasteiger charge is -2.21. The van der Waals surface area contributed by atoms with Gasteiger partial charge in [0.25, 0.3) is 47.3 Å². The SMILES string of the molecule is O=C(CCCC(=O)ON1C(=O)CCC1=O)OCOCC(COCC(COCOC(=O)CCCC(=O)ON1C(=O)CCC1=O)OCOC(=O)OCCCC(=O)ON1C(=O)CCC1=O)OCOC(=O)OCCCC(=O)ON1C(=O)CCC1=O. The van der Waals surface area contributed by atoms with Gasteiger partial charge in [-0.2, -0.15) is 0 Å². The van der Waals surface area contributed by atoms with E-state index in [2.05, 4.69) is 0 Å². The first-order valence-electron chi connectivity index (χ1n) is 24.9. The van der Waals surface area contributed by atoms with Gasteiger partial charge in [-0.05, 0) is 25.7 Å². The van der Waals surface area contributed by atoms with Gasteiger partial charge in [0.1, 0.15) is 12.2 Å². The third-order valence-corrected chi connectivity index (χ3v) is 10.6. The monoisotopic (exact) mass is 1160 g/mol. The van der Waals surface area contributed by atoms with Crippen LogP contribution in [0, 0.1) is 0 Å². The summed E-state index contributed by atoms with van der Waals surface area (Å²) in [7, 11) is 0. The molecule has 2 atom stereocenters. The second kappa shape index (κ2) is 35.4. The highest BCUT2D eigenvalue weighted by Crippen LogP contribution is 2.17. The molecule has 35 nitrogen and oxygen atoms in total. The maximum atomic E-state index is 12.3. The minimum atomic E-state index is -1.26. The number of amides is 8. The van der Waals surface area contributed by atoms with Crippen LogP contribution in [0.2, 0.25) is 0 Å². The van der Waals surface area contributed by atoms with Gasteiger partial charge in [0, 0.05) is 77.0 Å². The minimum Gasteiger partial charge on any atom is -0.438 e. The zero-order valence-electron chi connectivity index (χ0n) is 43.4. The Bertz CT molecular complexity index is 2100. The van der Waals surface area contributed by atoms with E-state index in [-0.39, 0.29) is 129 Å². The van der Waals surface area contributed by atoms with Crippen LogP contribution in [0.1, 0.15) is 116 Å². The molecule has 4 rings (SSSR count). The molecular weight excluding hydrogens is 1100 g/mol. The van der Waals surface area contributed by atoms with Crippen molar-refractivity contribution in [1.29, 1.82) is 0 Å². The van der Waals surface area contributed by atoms with Crippen LogP contribution in [0.4, 0.5) is 9.59 Å². The third-order valence-electron chi connectivity index (χ3n) is 10.6. The maximum Gasteiger partial charge on any atom is 0.510 e. The van der Waals surface area contributed by atoms with Gasteiger partial charge in [-0.3, -0.25) is 47.9 Å². The van der Waals surface area contributed by atoms with Crippen LogP contribution in [0.15, 0.2) is 0 Å². The van der Waals surface area contributed by atoms with Gasteiger partial charge >= 0.3 is 48.1 Å². The quantitative estimate of drug-likeness (QED) is 0.0244. The zero-order chi connectivity index (χ0) is 59.1. The van der Waals surface area contributed by atoms with E-state index in [0.717, 1.165) is 0 Å². The lowest BCUT2D eigenvalue weighted by Crippen LogP contribution is -2.33. The molecule has 0 bridgehead atoms. The first-order chi connectivity index (χ1) is 38.8. The van der Waals surface area contributed by atoms with Crippen LogP contribution >= 0.6 is 0 Å². The standard InChI is InChI=1S/C46H58N4O31/c51-31-11-12-32(52)47(31)78-41(61)7-1-5-39(59)74-25-68-23-29(72-27-76-45(65)70-19-3-9-43(63)80-49-35(55)15-16-36(49)56)21-67-22-30(24-69-26-75-40(60)6-2-8-42(62)79-48-33(53)13-14-34(48)54)73-28-77-46(66)71-20-4-10-44(64)81-50-37(57)17-18-38(50)58/h29-30H,1-28H2. The van der Waals surface area contributed by atoms with E-state index < -0.39 is 161 Å². The fraction of sp³-hybridized carbons (Fsp3) is 0.652. The summed E-state index contributed by atoms with van der Waals surface area (Å²) < 4.78 is 57.1. The predicted octanol–water partition coefficient (Wildman–Crippen LogP) is -0.641. The fourth-order valence-electron chi connectivity index (χ4n) is 6.50. The number of carbonyl (C=O) groups excluding carboxylic acids is 16. The molecule has 0 aromatic rings. The maximum absolute atomic E-state index is 12.3. The van der Waals surface area contributed by atoms with Gasteiger partial charge in [-0.1, -0.05) is 0 Å².